The molecule has 4 aliphatic rings. The molecule has 1 aromatic rings. The summed E-state index contributed by atoms with van der Waals surface area (Å²) in [4.78, 5) is 27.4. The van der Waals surface area contributed by atoms with Gasteiger partial charge in [-0.15, -0.1) is 0 Å². The molecule has 3 aliphatic heterocycles. The second-order valence-corrected chi connectivity index (χ2v) is 9.94. The number of carbonyl (C=O) groups is 1. The minimum Gasteiger partial charge on any atom is -0.376 e. The van der Waals surface area contributed by atoms with Gasteiger partial charge >= 0.3 is 0 Å². The van der Waals surface area contributed by atoms with E-state index in [0.29, 0.717) is 25.7 Å². The Hall–Kier alpha value is -1.73. The Labute approximate surface area is 179 Å². The Bertz CT molecular complexity index is 811. The fourth-order valence-corrected chi connectivity index (χ4v) is 5.90. The molecule has 164 valence electrons. The van der Waals surface area contributed by atoms with Crippen molar-refractivity contribution in [2.75, 3.05) is 37.7 Å². The molecule has 7 heteroatoms. The highest BCUT2D eigenvalue weighted by Gasteiger charge is 2.51. The molecule has 2 saturated heterocycles. The smallest absolute Gasteiger partial charge is 0.228 e. The van der Waals surface area contributed by atoms with Crippen LogP contribution in [-0.4, -0.2) is 65.8 Å². The van der Waals surface area contributed by atoms with Gasteiger partial charge in [0.1, 0.15) is 0 Å². The van der Waals surface area contributed by atoms with E-state index in [4.69, 9.17) is 14.5 Å². The Balaban J connectivity index is 1.41. The standard InChI is InChI=1S/C23H34N4O3/c1-4-22(6-5-7-22)20(28)26-9-8-23(14-26)15-29-13-18-10-24-21(25-19(18)23)27-11-16(2)30-17(3)12-27/h10,16-17H,4-9,11-15H2,1-3H3. The lowest BCUT2D eigenvalue weighted by atomic mass is 9.66. The molecule has 4 heterocycles. The van der Waals surface area contributed by atoms with E-state index >= 15 is 0 Å². The zero-order valence-electron chi connectivity index (χ0n) is 18.5. The van der Waals surface area contributed by atoms with Crippen LogP contribution in [0.4, 0.5) is 5.95 Å². The number of fused-ring (bicyclic) bond motifs is 2. The van der Waals surface area contributed by atoms with E-state index < -0.39 is 0 Å². The topological polar surface area (TPSA) is 67.8 Å². The third-order valence-corrected chi connectivity index (χ3v) is 7.77. The lowest BCUT2D eigenvalue weighted by Crippen LogP contribution is -2.49. The fraction of sp³-hybridized carbons (Fsp3) is 0.783. The van der Waals surface area contributed by atoms with E-state index in [1.165, 1.54) is 6.42 Å². The van der Waals surface area contributed by atoms with Crippen molar-refractivity contribution in [3.05, 3.63) is 17.5 Å². The Morgan fingerprint density at radius 3 is 2.67 bits per heavy atom. The summed E-state index contributed by atoms with van der Waals surface area (Å²) in [6.45, 7) is 10.7. The van der Waals surface area contributed by atoms with Crippen molar-refractivity contribution in [2.24, 2.45) is 5.41 Å². The van der Waals surface area contributed by atoms with Gasteiger partial charge in [0.15, 0.2) is 0 Å². The molecule has 1 amide bonds. The highest BCUT2D eigenvalue weighted by molar-refractivity contribution is 5.84. The number of amides is 1. The largest absolute Gasteiger partial charge is 0.376 e. The molecule has 1 aliphatic carbocycles. The van der Waals surface area contributed by atoms with E-state index in [2.05, 4.69) is 35.6 Å². The molecule has 0 bridgehead atoms. The Morgan fingerprint density at radius 1 is 1.23 bits per heavy atom. The summed E-state index contributed by atoms with van der Waals surface area (Å²) in [6, 6.07) is 0. The van der Waals surface area contributed by atoms with Crippen LogP contribution in [0.2, 0.25) is 0 Å². The average molecular weight is 415 g/mol. The Kier molecular flexibility index (Phi) is 5.01. The van der Waals surface area contributed by atoms with Crippen LogP contribution < -0.4 is 4.90 Å². The molecule has 1 aromatic heterocycles. The van der Waals surface area contributed by atoms with Crippen molar-refractivity contribution in [3.63, 3.8) is 0 Å². The quantitative estimate of drug-likeness (QED) is 0.758. The van der Waals surface area contributed by atoms with Crippen molar-refractivity contribution in [3.8, 4) is 0 Å². The van der Waals surface area contributed by atoms with Crippen LogP contribution in [0.15, 0.2) is 6.20 Å². The molecule has 30 heavy (non-hydrogen) atoms. The first-order chi connectivity index (χ1) is 14.4. The summed E-state index contributed by atoms with van der Waals surface area (Å²) >= 11 is 0. The molecule has 7 nitrogen and oxygen atoms in total. The lowest BCUT2D eigenvalue weighted by molar-refractivity contribution is -0.147. The molecule has 0 radical (unpaired) electrons. The molecular formula is C23H34N4O3. The first kappa shape index (κ1) is 20.2. The number of morpholine rings is 1. The maximum atomic E-state index is 13.3. The number of anilines is 1. The summed E-state index contributed by atoms with van der Waals surface area (Å²) in [6.07, 6.45) is 7.39. The number of carbonyl (C=O) groups excluding carboxylic acids is 1. The summed E-state index contributed by atoms with van der Waals surface area (Å²) in [5.74, 6) is 1.14. The summed E-state index contributed by atoms with van der Waals surface area (Å²) in [7, 11) is 0. The molecule has 3 fully saturated rings. The zero-order chi connectivity index (χ0) is 20.9. The van der Waals surface area contributed by atoms with Crippen LogP contribution in [0.25, 0.3) is 0 Å². The van der Waals surface area contributed by atoms with Gasteiger partial charge in [0.2, 0.25) is 11.9 Å². The van der Waals surface area contributed by atoms with Crippen molar-refractivity contribution in [2.45, 2.75) is 77.1 Å². The molecule has 1 saturated carbocycles. The van der Waals surface area contributed by atoms with Gasteiger partial charge < -0.3 is 19.3 Å². The van der Waals surface area contributed by atoms with Crippen molar-refractivity contribution >= 4 is 11.9 Å². The van der Waals surface area contributed by atoms with E-state index in [1.54, 1.807) is 0 Å². The molecule has 0 aromatic carbocycles. The van der Waals surface area contributed by atoms with E-state index in [9.17, 15) is 4.79 Å². The predicted octanol–water partition coefficient (Wildman–Crippen LogP) is 2.67. The van der Waals surface area contributed by atoms with Gasteiger partial charge in [0.25, 0.3) is 0 Å². The van der Waals surface area contributed by atoms with Crippen molar-refractivity contribution in [1.29, 1.82) is 0 Å². The first-order valence-corrected chi connectivity index (χ1v) is 11.6. The van der Waals surface area contributed by atoms with Gasteiger partial charge in [-0.25, -0.2) is 9.97 Å². The number of aromatic nitrogens is 2. The van der Waals surface area contributed by atoms with Gasteiger partial charge in [0, 0.05) is 43.4 Å². The molecular weight excluding hydrogens is 380 g/mol. The lowest BCUT2D eigenvalue weighted by Gasteiger charge is -2.43. The highest BCUT2D eigenvalue weighted by atomic mass is 16.5. The van der Waals surface area contributed by atoms with Crippen molar-refractivity contribution < 1.29 is 14.3 Å². The Morgan fingerprint density at radius 2 is 2.00 bits per heavy atom. The normalized spacial score (nSPS) is 32.8. The number of nitrogens with zero attached hydrogens (tertiary/aromatic N) is 4. The van der Waals surface area contributed by atoms with Gasteiger partial charge in [-0.2, -0.15) is 0 Å². The van der Waals surface area contributed by atoms with E-state index in [0.717, 1.165) is 62.5 Å². The number of ether oxygens (including phenoxy) is 2. The van der Waals surface area contributed by atoms with Gasteiger partial charge in [-0.1, -0.05) is 13.3 Å². The predicted molar refractivity (Wildman–Crippen MR) is 113 cm³/mol. The third-order valence-electron chi connectivity index (χ3n) is 7.77. The van der Waals surface area contributed by atoms with Crippen LogP contribution in [-0.2, 0) is 26.3 Å². The average Bonchev–Trinajstić information content (AvgIpc) is 3.11. The first-order valence-electron chi connectivity index (χ1n) is 11.6. The maximum Gasteiger partial charge on any atom is 0.228 e. The third kappa shape index (κ3) is 3.21. The van der Waals surface area contributed by atoms with Gasteiger partial charge in [-0.05, 0) is 39.5 Å². The minimum atomic E-state index is -0.205. The molecule has 3 atom stereocenters. The fourth-order valence-electron chi connectivity index (χ4n) is 5.90. The summed E-state index contributed by atoms with van der Waals surface area (Å²) in [5.41, 5.74) is 1.85. The number of hydrogen-bond acceptors (Lipinski definition) is 6. The molecule has 5 rings (SSSR count). The number of likely N-dealkylation sites (tertiary alicyclic amines) is 1. The van der Waals surface area contributed by atoms with E-state index in [1.807, 2.05) is 6.20 Å². The molecule has 3 unspecified atom stereocenters. The van der Waals surface area contributed by atoms with Crippen LogP contribution in [0.1, 0.15) is 64.1 Å². The second kappa shape index (κ2) is 7.45. The maximum absolute atomic E-state index is 13.3. The van der Waals surface area contributed by atoms with Crippen LogP contribution >= 0.6 is 0 Å². The van der Waals surface area contributed by atoms with Gasteiger partial charge in [-0.3, -0.25) is 4.79 Å². The summed E-state index contributed by atoms with van der Waals surface area (Å²) < 4.78 is 11.9. The zero-order valence-corrected chi connectivity index (χ0v) is 18.5. The molecule has 0 N–H and O–H groups in total. The van der Waals surface area contributed by atoms with Crippen LogP contribution in [0, 0.1) is 5.41 Å². The highest BCUT2D eigenvalue weighted by Crippen LogP contribution is 2.48. The van der Waals surface area contributed by atoms with Gasteiger partial charge in [0.05, 0.1) is 36.5 Å². The summed E-state index contributed by atoms with van der Waals surface area (Å²) in [5, 5.41) is 0. The SMILES string of the molecule is CCC1(C(=O)N2CCC3(COCc4cnc(N5CC(C)OC(C)C5)nc43)C2)CCC1. The minimum absolute atomic E-state index is 0.110. The second-order valence-electron chi connectivity index (χ2n) is 9.94. The number of hydrogen-bond donors (Lipinski definition) is 0. The monoisotopic (exact) mass is 414 g/mol. The van der Waals surface area contributed by atoms with E-state index in [-0.39, 0.29) is 23.0 Å². The van der Waals surface area contributed by atoms with Crippen LogP contribution in [0.5, 0.6) is 0 Å². The van der Waals surface area contributed by atoms with Crippen molar-refractivity contribution in [1.82, 2.24) is 14.9 Å². The number of rotatable bonds is 3. The van der Waals surface area contributed by atoms with Crippen LogP contribution in [0.3, 0.4) is 0 Å². The molecule has 1 spiro atoms.